The van der Waals surface area contributed by atoms with Crippen LogP contribution < -0.4 is 118 Å². The van der Waals surface area contributed by atoms with E-state index in [0.717, 1.165) is 0 Å². The summed E-state index contributed by atoms with van der Waals surface area (Å²) in [6, 6.07) is 19.6. The maximum atomic E-state index is 13.0. The SMILES string of the molecule is O=S(=O)([O-])c1c(S(=O)(=O)[O-])c(S(=O)(=O)[O-])c2c3nc4nc(nc5[nH]c(nc6nc(nc([nH]3)c2c1S(=O)(=O)[O-])-c1ccccc1-6)c1ccccc51)-c1ccccc1-4.[Na+].[Na+].[Na+].[Na+].[Ni+2]. The number of nitrogens with zero attached hydrogens (tertiary/aromatic N) is 6. The van der Waals surface area contributed by atoms with E-state index in [2.05, 4.69) is 29.9 Å². The minimum absolute atomic E-state index is 0. The van der Waals surface area contributed by atoms with Gasteiger partial charge in [-0.25, -0.2) is 63.6 Å². The van der Waals surface area contributed by atoms with Gasteiger partial charge < -0.3 is 28.2 Å². The van der Waals surface area contributed by atoms with Crippen molar-refractivity contribution in [2.24, 2.45) is 0 Å². The van der Waals surface area contributed by atoms with Crippen LogP contribution in [0.15, 0.2) is 92.4 Å². The largest absolute Gasteiger partial charge is 2.00 e. The molecule has 0 spiro atoms. The molecule has 20 nitrogen and oxygen atoms in total. The summed E-state index contributed by atoms with van der Waals surface area (Å²) in [7, 11) is -26.0. The zero-order chi connectivity index (χ0) is 39.7. The monoisotopic (exact) mass is 980 g/mol. The maximum absolute atomic E-state index is 13.0. The summed E-state index contributed by atoms with van der Waals surface area (Å²) in [5.41, 5.74) is -0.283. The van der Waals surface area contributed by atoms with E-state index in [1.54, 1.807) is 60.7 Å². The quantitative estimate of drug-likeness (QED) is 0.122. The molecule has 29 heteroatoms. The Balaban J connectivity index is 0.00000164. The van der Waals surface area contributed by atoms with Crippen molar-refractivity contribution in [2.75, 3.05) is 0 Å². The zero-order valence-electron chi connectivity index (χ0n) is 31.5. The third kappa shape index (κ3) is 9.02. The molecule has 0 atom stereocenters. The van der Waals surface area contributed by atoms with Gasteiger partial charge in [-0.3, -0.25) is 0 Å². The van der Waals surface area contributed by atoms with Crippen molar-refractivity contribution in [3.63, 3.8) is 0 Å². The van der Waals surface area contributed by atoms with Gasteiger partial charge in [0.15, 0.2) is 23.3 Å². The molecule has 0 fully saturated rings. The van der Waals surface area contributed by atoms with Crippen LogP contribution in [0.25, 0.3) is 89.7 Å². The maximum Gasteiger partial charge on any atom is 2.00 e. The van der Waals surface area contributed by atoms with E-state index in [0.29, 0.717) is 21.9 Å². The number of hydrogen-bond acceptors (Lipinski definition) is 18. The first-order chi connectivity index (χ1) is 26.3. The van der Waals surface area contributed by atoms with Crippen molar-refractivity contribution in [1.82, 2.24) is 39.9 Å². The van der Waals surface area contributed by atoms with Gasteiger partial charge in [-0.1, -0.05) is 72.8 Å². The Morgan fingerprint density at radius 2 is 0.607 bits per heavy atom. The Kier molecular flexibility index (Phi) is 15.6. The molecule has 0 radical (unpaired) electrons. The van der Waals surface area contributed by atoms with Gasteiger partial charge in [0.2, 0.25) is 0 Å². The molecular weight excluding hydrogens is 967 g/mol. The van der Waals surface area contributed by atoms with Gasteiger partial charge in [-0.15, -0.1) is 0 Å². The molecule has 8 bridgehead atoms. The standard InChI is InChI=1S/C32H18N8O12S4.4Na.Ni/c41-53(42,43)21-19-20(22(54(44,45)46)24(56(50,51)52)23(21)55(47,48)49)32-39-30-18-12-6-4-10-16(18)28(37-30)35-26-14-8-2-1-7-13(14)25(33-26)34-27-15-9-3-5-11-17(15)29(36-27)38-31(19)40-32;;;;;/h1-12H,(H,41,42,43)(H,44,45,46)(H,47,48,49)(H,50,51,52)(H2,33,34,35,36,37,38,39,40);;;;;/q;4*+1;+2/p-4. The van der Waals surface area contributed by atoms with Gasteiger partial charge >= 0.3 is 135 Å². The number of nitrogens with one attached hydrogen (secondary N) is 2. The van der Waals surface area contributed by atoms with Crippen molar-refractivity contribution in [3.05, 3.63) is 72.8 Å². The van der Waals surface area contributed by atoms with E-state index < -0.39 is 82.1 Å². The first-order valence-electron chi connectivity index (χ1n) is 15.5. The van der Waals surface area contributed by atoms with Crippen LogP contribution in [0.4, 0.5) is 0 Å². The molecule has 4 aromatic carbocycles. The fourth-order valence-electron chi connectivity index (χ4n) is 6.72. The number of aromatic nitrogens is 8. The minimum atomic E-state index is -6.60. The Hall–Kier alpha value is -1.63. The number of hydrogen-bond donors (Lipinski definition) is 2. The summed E-state index contributed by atoms with van der Waals surface area (Å²) in [6.07, 6.45) is 0. The van der Waals surface area contributed by atoms with E-state index in [-0.39, 0.29) is 180 Å². The van der Waals surface area contributed by atoms with Crippen LogP contribution in [0.1, 0.15) is 0 Å². The molecule has 9 rings (SSSR count). The number of aromatic amines is 2. The van der Waals surface area contributed by atoms with Gasteiger partial charge in [0.05, 0.1) is 19.6 Å². The van der Waals surface area contributed by atoms with Gasteiger partial charge in [0.25, 0.3) is 0 Å². The van der Waals surface area contributed by atoms with E-state index in [9.17, 15) is 51.9 Å². The summed E-state index contributed by atoms with van der Waals surface area (Å²) in [5.74, 6) is -0.637. The predicted octanol–water partition coefficient (Wildman–Crippen LogP) is -9.50. The number of fused-ring (bicyclic) bond motifs is 20. The molecule has 0 unspecified atom stereocenters. The molecule has 2 aliphatic rings. The third-order valence-electron chi connectivity index (χ3n) is 8.82. The van der Waals surface area contributed by atoms with E-state index in [1.807, 2.05) is 0 Å². The molecule has 290 valence electrons. The fourth-order valence-corrected chi connectivity index (χ4v) is 11.6. The van der Waals surface area contributed by atoms with Gasteiger partial charge in [-0.05, 0) is 0 Å². The molecule has 0 saturated heterocycles. The van der Waals surface area contributed by atoms with Crippen LogP contribution >= 0.6 is 0 Å². The average Bonchev–Trinajstić information content (AvgIpc) is 3.84. The van der Waals surface area contributed by atoms with Crippen LogP contribution in [-0.2, 0) is 57.0 Å². The summed E-state index contributed by atoms with van der Waals surface area (Å²) in [4.78, 5) is 23.0. The van der Waals surface area contributed by atoms with Gasteiger partial charge in [-0.2, -0.15) is 0 Å². The van der Waals surface area contributed by atoms with Crippen molar-refractivity contribution in [1.29, 1.82) is 0 Å². The van der Waals surface area contributed by atoms with Crippen LogP contribution in [0.3, 0.4) is 0 Å². The molecule has 0 aliphatic carbocycles. The van der Waals surface area contributed by atoms with Crippen molar-refractivity contribution in [3.8, 4) is 45.6 Å². The normalized spacial score (nSPS) is 12.1. The second-order valence-corrected chi connectivity index (χ2v) is 17.4. The van der Waals surface area contributed by atoms with Crippen LogP contribution in [0.2, 0.25) is 0 Å². The second-order valence-electron chi connectivity index (χ2n) is 12.1. The van der Waals surface area contributed by atoms with Crippen LogP contribution in [0.5, 0.6) is 0 Å². The first kappa shape index (κ1) is 52.0. The van der Waals surface area contributed by atoms with E-state index in [4.69, 9.17) is 9.97 Å². The average molecular weight is 981 g/mol. The molecule has 0 saturated carbocycles. The fraction of sp³-hybridized carbons (Fsp3) is 0. The molecule has 3 aromatic heterocycles. The molecule has 2 N–H and O–H groups in total. The topological polar surface area (TPSA) is 338 Å². The summed E-state index contributed by atoms with van der Waals surface area (Å²) in [6.45, 7) is 0. The van der Waals surface area contributed by atoms with Crippen LogP contribution in [0, 0.1) is 0 Å². The molecule has 0 amide bonds. The smallest absolute Gasteiger partial charge is 0.744 e. The predicted molar refractivity (Wildman–Crippen MR) is 188 cm³/mol. The Bertz CT molecular complexity index is 3400. The first-order valence-corrected chi connectivity index (χ1v) is 21.1. The zero-order valence-corrected chi connectivity index (χ0v) is 43.7. The van der Waals surface area contributed by atoms with E-state index >= 15 is 0 Å². The van der Waals surface area contributed by atoms with Crippen molar-refractivity contribution >= 4 is 84.6 Å². The van der Waals surface area contributed by atoms with Crippen molar-refractivity contribution in [2.45, 2.75) is 19.6 Å². The number of rotatable bonds is 4. The van der Waals surface area contributed by atoms with Crippen molar-refractivity contribution < 1.29 is 187 Å². The number of H-pyrrole nitrogens is 2. The summed E-state index contributed by atoms with van der Waals surface area (Å²) in [5, 5.41) is -1.56. The third-order valence-corrected chi connectivity index (χ3v) is 12.8. The Morgan fingerprint density at radius 1 is 0.361 bits per heavy atom. The molecule has 61 heavy (non-hydrogen) atoms. The molecular formula is C32H14N8Na4NiO12S4+2. The molecule has 7 aromatic rings. The van der Waals surface area contributed by atoms with Gasteiger partial charge in [0.1, 0.15) is 63.1 Å². The van der Waals surface area contributed by atoms with Gasteiger partial charge in [0, 0.05) is 43.8 Å². The number of benzene rings is 4. The minimum Gasteiger partial charge on any atom is -0.744 e. The molecule has 5 heterocycles. The Labute approximate surface area is 442 Å². The second kappa shape index (κ2) is 18.3. The summed E-state index contributed by atoms with van der Waals surface area (Å²) < 4.78 is 154. The van der Waals surface area contributed by atoms with E-state index in [1.165, 1.54) is 12.1 Å². The Morgan fingerprint density at radius 3 is 0.885 bits per heavy atom. The van der Waals surface area contributed by atoms with Crippen LogP contribution in [-0.4, -0.2) is 91.8 Å². The summed E-state index contributed by atoms with van der Waals surface area (Å²) >= 11 is 0. The molecule has 2 aliphatic heterocycles.